The van der Waals surface area contributed by atoms with Crippen molar-refractivity contribution in [3.8, 4) is 17.6 Å². The summed E-state index contributed by atoms with van der Waals surface area (Å²) in [7, 11) is 1.55. The summed E-state index contributed by atoms with van der Waals surface area (Å²) in [4.78, 5) is 0. The van der Waals surface area contributed by atoms with E-state index >= 15 is 0 Å². The van der Waals surface area contributed by atoms with Crippen LogP contribution in [0.15, 0.2) is 36.4 Å². The number of hydrogen-bond donors (Lipinski definition) is 1. The van der Waals surface area contributed by atoms with E-state index in [9.17, 15) is 4.39 Å². The third-order valence-corrected chi connectivity index (χ3v) is 3.04. The van der Waals surface area contributed by atoms with E-state index in [1.54, 1.807) is 25.3 Å². The summed E-state index contributed by atoms with van der Waals surface area (Å²) >= 11 is 0. The van der Waals surface area contributed by atoms with Crippen LogP contribution in [0, 0.1) is 17.1 Å². The molecule has 0 spiro atoms. The number of rotatable bonds is 5. The number of nitrogens with two attached hydrogens (primary N) is 1. The third-order valence-electron chi connectivity index (χ3n) is 3.04. The van der Waals surface area contributed by atoms with Crippen LogP contribution in [-0.4, -0.2) is 7.11 Å². The first-order chi connectivity index (χ1) is 10.2. The van der Waals surface area contributed by atoms with Crippen LogP contribution in [0.25, 0.3) is 0 Å². The van der Waals surface area contributed by atoms with Crippen molar-refractivity contribution in [2.75, 3.05) is 7.11 Å². The fraction of sp³-hybridized carbons (Fsp3) is 0.188. The molecule has 108 valence electrons. The summed E-state index contributed by atoms with van der Waals surface area (Å²) < 4.78 is 24.1. The van der Waals surface area contributed by atoms with Crippen molar-refractivity contribution >= 4 is 0 Å². The smallest absolute Gasteiger partial charge is 0.125 e. The van der Waals surface area contributed by atoms with Crippen LogP contribution in [-0.2, 0) is 13.2 Å². The van der Waals surface area contributed by atoms with E-state index in [4.69, 9.17) is 20.5 Å². The molecule has 0 bridgehead atoms. The lowest BCUT2D eigenvalue weighted by Gasteiger charge is -2.13. The molecular formula is C16H15FN2O2. The normalized spacial score (nSPS) is 10.0. The molecular weight excluding hydrogens is 271 g/mol. The molecule has 0 radical (unpaired) electrons. The van der Waals surface area contributed by atoms with E-state index in [0.717, 1.165) is 5.56 Å². The highest BCUT2D eigenvalue weighted by Crippen LogP contribution is 2.24. The van der Waals surface area contributed by atoms with Crippen molar-refractivity contribution in [3.05, 3.63) is 58.9 Å². The standard InChI is InChI=1S/C16H15FN2O2/c1-20-15-4-2-11(8-18)6-13(15)10-21-16-5-3-14(17)7-12(16)9-19/h2-7H,9-10,19H2,1H3. The van der Waals surface area contributed by atoms with E-state index in [0.29, 0.717) is 22.6 Å². The Hall–Kier alpha value is -2.58. The highest BCUT2D eigenvalue weighted by molar-refractivity contribution is 5.42. The molecule has 2 aromatic rings. The molecule has 0 aromatic heterocycles. The van der Waals surface area contributed by atoms with Crippen molar-refractivity contribution in [2.45, 2.75) is 13.2 Å². The molecule has 0 saturated heterocycles. The van der Waals surface area contributed by atoms with E-state index in [1.807, 2.05) is 0 Å². The maximum absolute atomic E-state index is 13.1. The SMILES string of the molecule is COc1ccc(C#N)cc1COc1ccc(F)cc1CN. The maximum atomic E-state index is 13.1. The van der Waals surface area contributed by atoms with Crippen molar-refractivity contribution in [3.63, 3.8) is 0 Å². The van der Waals surface area contributed by atoms with Gasteiger partial charge in [0.2, 0.25) is 0 Å². The molecule has 0 atom stereocenters. The summed E-state index contributed by atoms with van der Waals surface area (Å²) in [6, 6.07) is 11.4. The number of nitrogens with zero attached hydrogens (tertiary/aromatic N) is 1. The first-order valence-electron chi connectivity index (χ1n) is 6.36. The summed E-state index contributed by atoms with van der Waals surface area (Å²) in [5.41, 5.74) is 7.42. The number of halogens is 1. The number of hydrogen-bond acceptors (Lipinski definition) is 4. The van der Waals surface area contributed by atoms with Gasteiger partial charge in [0.25, 0.3) is 0 Å². The Kier molecular flexibility index (Phi) is 4.75. The van der Waals surface area contributed by atoms with Crippen LogP contribution in [0.3, 0.4) is 0 Å². The van der Waals surface area contributed by atoms with Crippen LogP contribution in [0.4, 0.5) is 4.39 Å². The lowest BCUT2D eigenvalue weighted by molar-refractivity contribution is 0.293. The van der Waals surface area contributed by atoms with Gasteiger partial charge in [-0.1, -0.05) is 0 Å². The zero-order valence-corrected chi connectivity index (χ0v) is 11.6. The highest BCUT2D eigenvalue weighted by Gasteiger charge is 2.08. The maximum Gasteiger partial charge on any atom is 0.125 e. The highest BCUT2D eigenvalue weighted by atomic mass is 19.1. The summed E-state index contributed by atoms with van der Waals surface area (Å²) in [6.07, 6.45) is 0. The molecule has 0 aliphatic rings. The van der Waals surface area contributed by atoms with Crippen LogP contribution in [0.1, 0.15) is 16.7 Å². The van der Waals surface area contributed by atoms with Gasteiger partial charge in [-0.15, -0.1) is 0 Å². The zero-order valence-electron chi connectivity index (χ0n) is 11.6. The van der Waals surface area contributed by atoms with Gasteiger partial charge in [0, 0.05) is 17.7 Å². The van der Waals surface area contributed by atoms with Gasteiger partial charge in [-0.05, 0) is 36.4 Å². The van der Waals surface area contributed by atoms with Crippen LogP contribution in [0.2, 0.25) is 0 Å². The molecule has 5 heteroatoms. The minimum absolute atomic E-state index is 0.183. The topological polar surface area (TPSA) is 68.3 Å². The molecule has 2 N–H and O–H groups in total. The lowest BCUT2D eigenvalue weighted by atomic mass is 10.1. The molecule has 21 heavy (non-hydrogen) atoms. The average molecular weight is 286 g/mol. The number of ether oxygens (including phenoxy) is 2. The largest absolute Gasteiger partial charge is 0.496 e. The first kappa shape index (κ1) is 14.8. The molecule has 2 aromatic carbocycles. The molecule has 0 unspecified atom stereocenters. The summed E-state index contributed by atoms with van der Waals surface area (Å²) in [5, 5.41) is 8.93. The Morgan fingerprint density at radius 3 is 2.57 bits per heavy atom. The van der Waals surface area contributed by atoms with Gasteiger partial charge in [-0.25, -0.2) is 4.39 Å². The minimum Gasteiger partial charge on any atom is -0.496 e. The van der Waals surface area contributed by atoms with E-state index in [1.165, 1.54) is 18.2 Å². The van der Waals surface area contributed by atoms with Gasteiger partial charge in [0.1, 0.15) is 23.9 Å². The molecule has 4 nitrogen and oxygen atoms in total. The molecule has 0 aliphatic heterocycles. The molecule has 0 saturated carbocycles. The number of benzene rings is 2. The van der Waals surface area contributed by atoms with E-state index in [-0.39, 0.29) is 19.0 Å². The van der Waals surface area contributed by atoms with Gasteiger partial charge in [-0.3, -0.25) is 0 Å². The monoisotopic (exact) mass is 286 g/mol. The van der Waals surface area contributed by atoms with Crippen LogP contribution in [0.5, 0.6) is 11.5 Å². The van der Waals surface area contributed by atoms with Gasteiger partial charge >= 0.3 is 0 Å². The second kappa shape index (κ2) is 6.73. The molecule has 0 fully saturated rings. The Labute approximate surface area is 122 Å². The van der Waals surface area contributed by atoms with Crippen molar-refractivity contribution in [1.82, 2.24) is 0 Å². The number of methoxy groups -OCH3 is 1. The third kappa shape index (κ3) is 3.50. The predicted molar refractivity (Wildman–Crippen MR) is 76.3 cm³/mol. The Balaban J connectivity index is 2.22. The molecule has 2 rings (SSSR count). The molecule has 0 aliphatic carbocycles. The van der Waals surface area contributed by atoms with Gasteiger partial charge < -0.3 is 15.2 Å². The van der Waals surface area contributed by atoms with Crippen molar-refractivity contribution < 1.29 is 13.9 Å². The van der Waals surface area contributed by atoms with Crippen molar-refractivity contribution in [1.29, 1.82) is 5.26 Å². The Morgan fingerprint density at radius 1 is 1.14 bits per heavy atom. The first-order valence-corrected chi connectivity index (χ1v) is 6.36. The average Bonchev–Trinajstić information content (AvgIpc) is 2.53. The fourth-order valence-electron chi connectivity index (χ4n) is 1.96. The second-order valence-electron chi connectivity index (χ2n) is 4.38. The van der Waals surface area contributed by atoms with E-state index < -0.39 is 0 Å². The Morgan fingerprint density at radius 2 is 1.90 bits per heavy atom. The summed E-state index contributed by atoms with van der Waals surface area (Å²) in [6.45, 7) is 0.389. The van der Waals surface area contributed by atoms with Crippen LogP contribution >= 0.6 is 0 Å². The van der Waals surface area contributed by atoms with Crippen molar-refractivity contribution in [2.24, 2.45) is 5.73 Å². The van der Waals surface area contributed by atoms with E-state index in [2.05, 4.69) is 6.07 Å². The molecule has 0 heterocycles. The number of nitriles is 1. The molecule has 0 amide bonds. The lowest BCUT2D eigenvalue weighted by Crippen LogP contribution is -2.04. The fourth-order valence-corrected chi connectivity index (χ4v) is 1.96. The second-order valence-corrected chi connectivity index (χ2v) is 4.38. The predicted octanol–water partition coefficient (Wildman–Crippen LogP) is 2.74. The van der Waals surface area contributed by atoms with Gasteiger partial charge in [0.05, 0.1) is 18.7 Å². The quantitative estimate of drug-likeness (QED) is 0.917. The van der Waals surface area contributed by atoms with Gasteiger partial charge in [0.15, 0.2) is 0 Å². The Bertz CT molecular complexity index is 680. The van der Waals surface area contributed by atoms with Crippen LogP contribution < -0.4 is 15.2 Å². The summed E-state index contributed by atoms with van der Waals surface area (Å²) in [5.74, 6) is 0.792. The zero-order chi connectivity index (χ0) is 15.2. The van der Waals surface area contributed by atoms with Gasteiger partial charge in [-0.2, -0.15) is 5.26 Å². The minimum atomic E-state index is -0.355.